The van der Waals surface area contributed by atoms with Crippen molar-refractivity contribution in [1.82, 2.24) is 5.48 Å². The monoisotopic (exact) mass is 215 g/mol. The van der Waals surface area contributed by atoms with E-state index in [4.69, 9.17) is 4.84 Å². The number of rotatable bonds is 3. The van der Waals surface area contributed by atoms with Gasteiger partial charge in [0.05, 0.1) is 5.60 Å². The SMILES string of the molecule is CC(C)(C)ONCc1cc(F)ccc1F. The largest absolute Gasteiger partial charge is 0.296 e. The Bertz CT molecular complexity index is 334. The van der Waals surface area contributed by atoms with Gasteiger partial charge in [-0.3, -0.25) is 4.84 Å². The summed E-state index contributed by atoms with van der Waals surface area (Å²) in [6.07, 6.45) is 0. The van der Waals surface area contributed by atoms with Crippen molar-refractivity contribution >= 4 is 0 Å². The predicted octanol–water partition coefficient (Wildman–Crippen LogP) is 2.78. The summed E-state index contributed by atoms with van der Waals surface area (Å²) in [5.41, 5.74) is 2.49. The molecule has 0 amide bonds. The maximum atomic E-state index is 13.1. The lowest BCUT2D eigenvalue weighted by Crippen LogP contribution is -2.29. The van der Waals surface area contributed by atoms with E-state index in [0.717, 1.165) is 18.2 Å². The maximum Gasteiger partial charge on any atom is 0.127 e. The zero-order valence-corrected chi connectivity index (χ0v) is 9.10. The van der Waals surface area contributed by atoms with E-state index in [1.54, 1.807) is 0 Å². The van der Waals surface area contributed by atoms with Crippen LogP contribution in [0.5, 0.6) is 0 Å². The molecule has 0 aliphatic rings. The van der Waals surface area contributed by atoms with Gasteiger partial charge in [0.25, 0.3) is 0 Å². The first-order chi connectivity index (χ1) is 6.88. The zero-order chi connectivity index (χ0) is 11.5. The Morgan fingerprint density at radius 2 is 1.93 bits per heavy atom. The lowest BCUT2D eigenvalue weighted by Gasteiger charge is -2.19. The molecule has 0 bridgehead atoms. The van der Waals surface area contributed by atoms with Crippen LogP contribution in [0.2, 0.25) is 0 Å². The van der Waals surface area contributed by atoms with Crippen LogP contribution in [0.3, 0.4) is 0 Å². The smallest absolute Gasteiger partial charge is 0.127 e. The standard InChI is InChI=1S/C11H15F2NO/c1-11(2,3)15-14-7-8-6-9(12)4-5-10(8)13/h4-6,14H,7H2,1-3H3. The molecule has 2 nitrogen and oxygen atoms in total. The summed E-state index contributed by atoms with van der Waals surface area (Å²) < 4.78 is 25.9. The fourth-order valence-electron chi connectivity index (χ4n) is 1.01. The van der Waals surface area contributed by atoms with E-state index in [0.29, 0.717) is 0 Å². The van der Waals surface area contributed by atoms with Crippen LogP contribution in [-0.2, 0) is 11.4 Å². The molecule has 0 atom stereocenters. The predicted molar refractivity (Wildman–Crippen MR) is 54.0 cm³/mol. The van der Waals surface area contributed by atoms with Gasteiger partial charge in [0, 0.05) is 12.1 Å². The number of hydroxylamine groups is 1. The van der Waals surface area contributed by atoms with E-state index < -0.39 is 11.6 Å². The van der Waals surface area contributed by atoms with Crippen LogP contribution in [-0.4, -0.2) is 5.60 Å². The summed E-state index contributed by atoms with van der Waals surface area (Å²) in [5, 5.41) is 0. The average Bonchev–Trinajstić information content (AvgIpc) is 2.09. The van der Waals surface area contributed by atoms with Gasteiger partial charge in [0.15, 0.2) is 0 Å². The first-order valence-electron chi connectivity index (χ1n) is 4.73. The molecule has 0 saturated heterocycles. The molecule has 0 fully saturated rings. The van der Waals surface area contributed by atoms with Crippen LogP contribution in [0.15, 0.2) is 18.2 Å². The third-order valence-corrected chi connectivity index (χ3v) is 1.65. The number of hydrogen-bond donors (Lipinski definition) is 1. The molecular formula is C11H15F2NO. The second-order valence-electron chi connectivity index (χ2n) is 4.27. The molecule has 0 aromatic heterocycles. The van der Waals surface area contributed by atoms with Gasteiger partial charge in [-0.05, 0) is 39.0 Å². The number of benzene rings is 1. The molecule has 1 rings (SSSR count). The van der Waals surface area contributed by atoms with Gasteiger partial charge in [0.2, 0.25) is 0 Å². The van der Waals surface area contributed by atoms with E-state index in [9.17, 15) is 8.78 Å². The Labute approximate surface area is 88.2 Å². The molecule has 0 heterocycles. The number of nitrogens with one attached hydrogen (secondary N) is 1. The van der Waals surface area contributed by atoms with Gasteiger partial charge in [0.1, 0.15) is 11.6 Å². The molecule has 84 valence electrons. The highest BCUT2D eigenvalue weighted by molar-refractivity contribution is 5.18. The Hall–Kier alpha value is -1.00. The highest BCUT2D eigenvalue weighted by Gasteiger charge is 2.11. The van der Waals surface area contributed by atoms with Crippen molar-refractivity contribution in [1.29, 1.82) is 0 Å². The molecule has 0 aliphatic carbocycles. The molecule has 1 N–H and O–H groups in total. The minimum Gasteiger partial charge on any atom is -0.296 e. The fourth-order valence-corrected chi connectivity index (χ4v) is 1.01. The summed E-state index contributed by atoms with van der Waals surface area (Å²) in [5.74, 6) is -0.898. The van der Waals surface area contributed by atoms with Gasteiger partial charge < -0.3 is 0 Å². The quantitative estimate of drug-likeness (QED) is 0.783. The van der Waals surface area contributed by atoms with Gasteiger partial charge in [-0.15, -0.1) is 0 Å². The Kier molecular flexibility index (Phi) is 3.77. The third-order valence-electron chi connectivity index (χ3n) is 1.65. The molecular weight excluding hydrogens is 200 g/mol. The minimum absolute atomic E-state index is 0.140. The van der Waals surface area contributed by atoms with E-state index in [-0.39, 0.29) is 17.7 Å². The van der Waals surface area contributed by atoms with Gasteiger partial charge in [-0.1, -0.05) is 0 Å². The summed E-state index contributed by atoms with van der Waals surface area (Å²) in [4.78, 5) is 5.19. The lowest BCUT2D eigenvalue weighted by molar-refractivity contribution is -0.0760. The maximum absolute atomic E-state index is 13.1. The van der Waals surface area contributed by atoms with Gasteiger partial charge in [-0.25, -0.2) is 8.78 Å². The minimum atomic E-state index is -0.455. The highest BCUT2D eigenvalue weighted by atomic mass is 19.1. The van der Waals surface area contributed by atoms with Crippen LogP contribution in [0.4, 0.5) is 8.78 Å². The van der Waals surface area contributed by atoms with Crippen LogP contribution in [0.25, 0.3) is 0 Å². The molecule has 4 heteroatoms. The Balaban J connectivity index is 2.54. The molecule has 0 saturated carbocycles. The molecule has 0 unspecified atom stereocenters. The fraction of sp³-hybridized carbons (Fsp3) is 0.455. The second-order valence-corrected chi connectivity index (χ2v) is 4.27. The van der Waals surface area contributed by atoms with E-state index in [2.05, 4.69) is 5.48 Å². The van der Waals surface area contributed by atoms with Crippen molar-refractivity contribution in [2.45, 2.75) is 32.9 Å². The summed E-state index contributed by atoms with van der Waals surface area (Å²) in [7, 11) is 0. The molecule has 0 radical (unpaired) electrons. The van der Waals surface area contributed by atoms with Crippen molar-refractivity contribution in [3.8, 4) is 0 Å². The third kappa shape index (κ3) is 4.36. The van der Waals surface area contributed by atoms with Gasteiger partial charge in [-0.2, -0.15) is 5.48 Å². The summed E-state index contributed by atoms with van der Waals surface area (Å²) in [6.45, 7) is 5.73. The van der Waals surface area contributed by atoms with Crippen LogP contribution in [0.1, 0.15) is 26.3 Å². The van der Waals surface area contributed by atoms with E-state index in [1.165, 1.54) is 0 Å². The second kappa shape index (κ2) is 4.68. The zero-order valence-electron chi connectivity index (χ0n) is 9.10. The Morgan fingerprint density at radius 1 is 1.27 bits per heavy atom. The number of hydrogen-bond acceptors (Lipinski definition) is 2. The van der Waals surface area contributed by atoms with Gasteiger partial charge >= 0.3 is 0 Å². The molecule has 15 heavy (non-hydrogen) atoms. The summed E-state index contributed by atoms with van der Waals surface area (Å²) in [6, 6.07) is 3.33. The average molecular weight is 215 g/mol. The first kappa shape index (κ1) is 12.1. The molecule has 1 aromatic carbocycles. The Morgan fingerprint density at radius 3 is 2.53 bits per heavy atom. The van der Waals surface area contributed by atoms with Crippen molar-refractivity contribution in [2.24, 2.45) is 0 Å². The lowest BCUT2D eigenvalue weighted by atomic mass is 10.2. The van der Waals surface area contributed by atoms with Crippen molar-refractivity contribution in [3.05, 3.63) is 35.4 Å². The van der Waals surface area contributed by atoms with E-state index >= 15 is 0 Å². The first-order valence-corrected chi connectivity index (χ1v) is 4.73. The van der Waals surface area contributed by atoms with Crippen molar-refractivity contribution in [3.63, 3.8) is 0 Å². The highest BCUT2D eigenvalue weighted by Crippen LogP contribution is 2.10. The van der Waals surface area contributed by atoms with Crippen molar-refractivity contribution in [2.75, 3.05) is 0 Å². The summed E-state index contributed by atoms with van der Waals surface area (Å²) >= 11 is 0. The van der Waals surface area contributed by atoms with Crippen LogP contribution in [0, 0.1) is 11.6 Å². The molecule has 0 aliphatic heterocycles. The van der Waals surface area contributed by atoms with Crippen LogP contribution >= 0.6 is 0 Å². The normalized spacial score (nSPS) is 11.8. The topological polar surface area (TPSA) is 21.3 Å². The molecule has 1 aromatic rings. The van der Waals surface area contributed by atoms with Crippen molar-refractivity contribution < 1.29 is 13.6 Å². The molecule has 0 spiro atoms. The van der Waals surface area contributed by atoms with E-state index in [1.807, 2.05) is 20.8 Å². The van der Waals surface area contributed by atoms with Crippen LogP contribution < -0.4 is 5.48 Å². The number of halogens is 2.